The van der Waals surface area contributed by atoms with Gasteiger partial charge in [0, 0.05) is 24.0 Å². The molecule has 1 heterocycles. The lowest BCUT2D eigenvalue weighted by atomic mass is 10.1. The molecule has 3 nitrogen and oxygen atoms in total. The average Bonchev–Trinajstić information content (AvgIpc) is 2.69. The van der Waals surface area contributed by atoms with Crippen LogP contribution in [0.3, 0.4) is 0 Å². The molecule has 18 heavy (non-hydrogen) atoms. The molecule has 4 heteroatoms. The Morgan fingerprint density at radius 2 is 2.00 bits per heavy atom. The molecule has 3 N–H and O–H groups in total. The van der Waals surface area contributed by atoms with Gasteiger partial charge in [-0.1, -0.05) is 30.3 Å². The first-order valence-electron chi connectivity index (χ1n) is 6.11. The number of benzene rings is 1. The van der Waals surface area contributed by atoms with E-state index in [-0.39, 0.29) is 6.04 Å². The number of hydrogen-bond acceptors (Lipinski definition) is 4. The molecule has 0 bridgehead atoms. The Morgan fingerprint density at radius 3 is 2.61 bits per heavy atom. The van der Waals surface area contributed by atoms with Gasteiger partial charge in [-0.2, -0.15) is 0 Å². The van der Waals surface area contributed by atoms with Gasteiger partial charge in [-0.3, -0.25) is 0 Å². The topological polar surface area (TPSA) is 50.9 Å². The van der Waals surface area contributed by atoms with Gasteiger partial charge in [0.1, 0.15) is 0 Å². The van der Waals surface area contributed by atoms with Crippen LogP contribution < -0.4 is 11.1 Å². The molecule has 1 unspecified atom stereocenters. The summed E-state index contributed by atoms with van der Waals surface area (Å²) in [6, 6.07) is 10.2. The highest BCUT2D eigenvalue weighted by Gasteiger charge is 2.07. The summed E-state index contributed by atoms with van der Waals surface area (Å²) in [5, 5.41) is 4.52. The minimum atomic E-state index is 0.0422. The zero-order valence-electron chi connectivity index (χ0n) is 10.8. The van der Waals surface area contributed by atoms with Crippen molar-refractivity contribution in [2.45, 2.75) is 26.4 Å². The summed E-state index contributed by atoms with van der Waals surface area (Å²) in [6.45, 7) is 5.72. The quantitative estimate of drug-likeness (QED) is 0.869. The second-order valence-electron chi connectivity index (χ2n) is 4.39. The average molecular weight is 261 g/mol. The van der Waals surface area contributed by atoms with E-state index in [1.807, 2.05) is 25.1 Å². The Bertz CT molecular complexity index is 493. The summed E-state index contributed by atoms with van der Waals surface area (Å²) in [7, 11) is 0. The van der Waals surface area contributed by atoms with E-state index < -0.39 is 0 Å². The van der Waals surface area contributed by atoms with Gasteiger partial charge in [-0.05, 0) is 19.4 Å². The van der Waals surface area contributed by atoms with Gasteiger partial charge in [-0.15, -0.1) is 11.3 Å². The second kappa shape index (κ2) is 6.09. The van der Waals surface area contributed by atoms with Gasteiger partial charge in [-0.25, -0.2) is 4.98 Å². The van der Waals surface area contributed by atoms with Crippen molar-refractivity contribution < 1.29 is 0 Å². The van der Waals surface area contributed by atoms with Crippen molar-refractivity contribution in [2.24, 2.45) is 5.73 Å². The monoisotopic (exact) mass is 261 g/mol. The van der Waals surface area contributed by atoms with Gasteiger partial charge in [0.05, 0.1) is 10.7 Å². The van der Waals surface area contributed by atoms with Crippen molar-refractivity contribution in [3.05, 3.63) is 51.5 Å². The normalized spacial score (nSPS) is 12.6. The van der Waals surface area contributed by atoms with Crippen LogP contribution in [0.25, 0.3) is 0 Å². The Kier molecular flexibility index (Phi) is 4.47. The molecule has 0 saturated heterocycles. The molecule has 2 aromatic rings. The van der Waals surface area contributed by atoms with E-state index in [1.54, 1.807) is 11.3 Å². The van der Waals surface area contributed by atoms with Gasteiger partial charge >= 0.3 is 0 Å². The molecule has 0 saturated carbocycles. The highest BCUT2D eigenvalue weighted by Crippen LogP contribution is 2.17. The number of hydrogen-bond donors (Lipinski definition) is 2. The largest absolute Gasteiger partial charge is 0.323 e. The molecular weight excluding hydrogens is 242 g/mol. The predicted octanol–water partition coefficient (Wildman–Crippen LogP) is 2.55. The van der Waals surface area contributed by atoms with Crippen LogP contribution in [0.4, 0.5) is 0 Å². The molecule has 96 valence electrons. The number of rotatable bonds is 5. The Hall–Kier alpha value is -1.23. The summed E-state index contributed by atoms with van der Waals surface area (Å²) in [5.74, 6) is 0. The van der Waals surface area contributed by atoms with E-state index in [4.69, 9.17) is 5.73 Å². The van der Waals surface area contributed by atoms with Gasteiger partial charge < -0.3 is 11.1 Å². The van der Waals surface area contributed by atoms with Crippen LogP contribution in [-0.2, 0) is 6.54 Å². The lowest BCUT2D eigenvalue weighted by molar-refractivity contribution is 0.600. The van der Waals surface area contributed by atoms with Crippen molar-refractivity contribution in [1.29, 1.82) is 0 Å². The van der Waals surface area contributed by atoms with Crippen molar-refractivity contribution in [3.63, 3.8) is 0 Å². The van der Waals surface area contributed by atoms with Crippen LogP contribution in [0.5, 0.6) is 0 Å². The maximum atomic E-state index is 6.13. The fraction of sp³-hybridized carbons (Fsp3) is 0.357. The van der Waals surface area contributed by atoms with E-state index in [1.165, 1.54) is 10.4 Å². The maximum absolute atomic E-state index is 6.13. The number of nitrogens with two attached hydrogens (primary N) is 1. The van der Waals surface area contributed by atoms with Gasteiger partial charge in [0.25, 0.3) is 0 Å². The first kappa shape index (κ1) is 13.2. The van der Waals surface area contributed by atoms with Crippen LogP contribution in [0, 0.1) is 13.8 Å². The molecule has 0 fully saturated rings. The highest BCUT2D eigenvalue weighted by molar-refractivity contribution is 7.11. The van der Waals surface area contributed by atoms with E-state index in [2.05, 4.69) is 29.4 Å². The minimum absolute atomic E-state index is 0.0422. The summed E-state index contributed by atoms with van der Waals surface area (Å²) in [4.78, 5) is 5.71. The van der Waals surface area contributed by atoms with Crippen molar-refractivity contribution >= 4 is 11.3 Å². The van der Waals surface area contributed by atoms with E-state index in [9.17, 15) is 0 Å². The molecule has 2 rings (SSSR count). The summed E-state index contributed by atoms with van der Waals surface area (Å²) in [5.41, 5.74) is 8.42. The fourth-order valence-electron chi connectivity index (χ4n) is 1.90. The zero-order chi connectivity index (χ0) is 13.0. The second-order valence-corrected chi connectivity index (χ2v) is 5.68. The minimum Gasteiger partial charge on any atom is -0.323 e. The molecule has 1 atom stereocenters. The van der Waals surface area contributed by atoms with Crippen LogP contribution in [0.1, 0.15) is 27.2 Å². The van der Waals surface area contributed by atoms with Crippen molar-refractivity contribution in [1.82, 2.24) is 10.3 Å². The number of aryl methyl sites for hydroxylation is 2. The Balaban J connectivity index is 1.84. The summed E-state index contributed by atoms with van der Waals surface area (Å²) in [6.07, 6.45) is 0. The third-order valence-corrected chi connectivity index (χ3v) is 3.95. The molecule has 1 aromatic heterocycles. The smallest absolute Gasteiger partial charge is 0.0900 e. The maximum Gasteiger partial charge on any atom is 0.0900 e. The predicted molar refractivity (Wildman–Crippen MR) is 76.7 cm³/mol. The van der Waals surface area contributed by atoms with Gasteiger partial charge in [0.15, 0.2) is 0 Å². The molecule has 0 aliphatic carbocycles. The number of thiazole rings is 1. The van der Waals surface area contributed by atoms with E-state index in [0.29, 0.717) is 0 Å². The number of aromatic nitrogens is 1. The molecule has 0 amide bonds. The summed E-state index contributed by atoms with van der Waals surface area (Å²) < 4.78 is 0. The van der Waals surface area contributed by atoms with Crippen LogP contribution in [-0.4, -0.2) is 11.5 Å². The van der Waals surface area contributed by atoms with Crippen LogP contribution >= 0.6 is 11.3 Å². The fourth-order valence-corrected chi connectivity index (χ4v) is 2.80. The molecular formula is C14H19N3S. The first-order valence-corrected chi connectivity index (χ1v) is 6.92. The first-order chi connectivity index (χ1) is 8.66. The molecule has 0 aliphatic rings. The molecule has 0 aliphatic heterocycles. The molecule has 0 spiro atoms. The van der Waals surface area contributed by atoms with Gasteiger partial charge in [0.2, 0.25) is 0 Å². The Morgan fingerprint density at radius 1 is 1.28 bits per heavy atom. The number of nitrogens with one attached hydrogen (secondary N) is 1. The Labute approximate surface area is 112 Å². The van der Waals surface area contributed by atoms with Crippen LogP contribution in [0.15, 0.2) is 30.3 Å². The standard InChI is InChI=1S/C14H19N3S/c1-10-14(18-11(2)17-10)9-16-8-13(15)12-6-4-3-5-7-12/h3-7,13,16H,8-9,15H2,1-2H3. The number of nitrogens with zero attached hydrogens (tertiary/aromatic N) is 1. The highest BCUT2D eigenvalue weighted by atomic mass is 32.1. The van der Waals surface area contributed by atoms with Crippen molar-refractivity contribution in [3.8, 4) is 0 Å². The molecule has 0 radical (unpaired) electrons. The zero-order valence-corrected chi connectivity index (χ0v) is 11.6. The third-order valence-electron chi connectivity index (χ3n) is 2.88. The lowest BCUT2D eigenvalue weighted by Crippen LogP contribution is -2.26. The SMILES string of the molecule is Cc1nc(C)c(CNCC(N)c2ccccc2)s1. The van der Waals surface area contributed by atoms with E-state index in [0.717, 1.165) is 23.8 Å². The van der Waals surface area contributed by atoms with Crippen molar-refractivity contribution in [2.75, 3.05) is 6.54 Å². The third kappa shape index (κ3) is 3.38. The molecule has 1 aromatic carbocycles. The van der Waals surface area contributed by atoms with Crippen LogP contribution in [0.2, 0.25) is 0 Å². The van der Waals surface area contributed by atoms with E-state index >= 15 is 0 Å². The summed E-state index contributed by atoms with van der Waals surface area (Å²) >= 11 is 1.75. The lowest BCUT2D eigenvalue weighted by Gasteiger charge is -2.12.